The van der Waals surface area contributed by atoms with Gasteiger partial charge in [0.15, 0.2) is 0 Å². The van der Waals surface area contributed by atoms with E-state index < -0.39 is 0 Å². The average Bonchev–Trinajstić information content (AvgIpc) is 3.53. The largest absolute Gasteiger partial charge is 0.493 e. The lowest BCUT2D eigenvalue weighted by Gasteiger charge is -2.31. The van der Waals surface area contributed by atoms with Crippen LogP contribution in [0.5, 0.6) is 5.75 Å². The first kappa shape index (κ1) is 19.4. The molecular formula is C23H30N4O3. The Balaban J connectivity index is 1.17. The maximum absolute atomic E-state index is 12.5. The summed E-state index contributed by atoms with van der Waals surface area (Å²) in [5.41, 5.74) is 1.49. The summed E-state index contributed by atoms with van der Waals surface area (Å²) in [5, 5.41) is 2.93. The van der Waals surface area contributed by atoms with Crippen LogP contribution in [0.15, 0.2) is 23.2 Å². The van der Waals surface area contributed by atoms with Crippen molar-refractivity contribution in [1.82, 2.24) is 15.1 Å². The molecule has 3 fully saturated rings. The summed E-state index contributed by atoms with van der Waals surface area (Å²) in [6, 6.07) is 6.26. The highest BCUT2D eigenvalue weighted by Gasteiger charge is 2.61. The summed E-state index contributed by atoms with van der Waals surface area (Å²) in [6.45, 7) is 1.13. The molecule has 2 aliphatic carbocycles. The number of fused-ring (bicyclic) bond motifs is 3. The molecule has 0 atom stereocenters. The number of amides is 2. The van der Waals surface area contributed by atoms with Crippen LogP contribution in [0.2, 0.25) is 0 Å². The Morgan fingerprint density at radius 2 is 2.10 bits per heavy atom. The van der Waals surface area contributed by atoms with E-state index in [4.69, 9.17) is 4.74 Å². The second-order valence-electron chi connectivity index (χ2n) is 9.01. The van der Waals surface area contributed by atoms with E-state index in [0.717, 1.165) is 42.7 Å². The van der Waals surface area contributed by atoms with Crippen LogP contribution >= 0.6 is 0 Å². The van der Waals surface area contributed by atoms with E-state index in [1.807, 2.05) is 30.1 Å². The summed E-state index contributed by atoms with van der Waals surface area (Å²) in [7, 11) is 1.95. The lowest BCUT2D eigenvalue weighted by Crippen LogP contribution is -2.38. The molecule has 0 bridgehead atoms. The number of hydrogen-bond acceptors (Lipinski definition) is 5. The number of hydrogen-bond donors (Lipinski definition) is 1. The van der Waals surface area contributed by atoms with Crippen LogP contribution in [-0.4, -0.2) is 52.8 Å². The van der Waals surface area contributed by atoms with Crippen molar-refractivity contribution in [2.24, 2.45) is 4.99 Å². The molecule has 2 heterocycles. The number of benzene rings is 1. The zero-order chi connectivity index (χ0) is 20.7. The van der Waals surface area contributed by atoms with Gasteiger partial charge in [-0.25, -0.2) is 4.99 Å². The Kier molecular flexibility index (Phi) is 4.91. The third-order valence-corrected chi connectivity index (χ3v) is 7.10. The van der Waals surface area contributed by atoms with E-state index >= 15 is 0 Å². The van der Waals surface area contributed by atoms with E-state index in [9.17, 15) is 9.59 Å². The van der Waals surface area contributed by atoms with E-state index in [0.29, 0.717) is 38.0 Å². The second kappa shape index (κ2) is 7.60. The van der Waals surface area contributed by atoms with Gasteiger partial charge in [-0.3, -0.25) is 14.9 Å². The molecule has 7 heteroatoms. The number of carbonyl (C=O) groups excluding carboxylic acids is 2. The minimum Gasteiger partial charge on any atom is -0.493 e. The molecular weight excluding hydrogens is 380 g/mol. The van der Waals surface area contributed by atoms with Crippen LogP contribution in [0, 0.1) is 0 Å². The monoisotopic (exact) mass is 410 g/mol. The predicted octanol–water partition coefficient (Wildman–Crippen LogP) is 3.10. The van der Waals surface area contributed by atoms with E-state index in [-0.39, 0.29) is 17.4 Å². The van der Waals surface area contributed by atoms with E-state index in [2.05, 4.69) is 15.2 Å². The van der Waals surface area contributed by atoms with Gasteiger partial charge in [-0.15, -0.1) is 0 Å². The van der Waals surface area contributed by atoms with Crippen molar-refractivity contribution in [3.05, 3.63) is 23.8 Å². The van der Waals surface area contributed by atoms with Crippen LogP contribution in [0.25, 0.3) is 0 Å². The minimum atomic E-state index is -0.389. The minimum absolute atomic E-state index is 0.0668. The van der Waals surface area contributed by atoms with Gasteiger partial charge in [-0.2, -0.15) is 0 Å². The summed E-state index contributed by atoms with van der Waals surface area (Å²) in [6.07, 6.45) is 8.99. The SMILES string of the molecule is CN(C(=O)CCCOc1cccc2c1CN1C(=N2)NC(=O)C12CC2)C1CCCCC1. The number of guanidine groups is 1. The summed E-state index contributed by atoms with van der Waals surface area (Å²) in [5.74, 6) is 1.75. The number of rotatable bonds is 6. The summed E-state index contributed by atoms with van der Waals surface area (Å²) >= 11 is 0. The molecule has 5 rings (SSSR count). The van der Waals surface area contributed by atoms with Crippen molar-refractivity contribution < 1.29 is 14.3 Å². The molecule has 2 amide bonds. The van der Waals surface area contributed by atoms with Crippen molar-refractivity contribution in [1.29, 1.82) is 0 Å². The second-order valence-corrected chi connectivity index (χ2v) is 9.01. The molecule has 1 spiro atoms. The quantitative estimate of drug-likeness (QED) is 0.732. The zero-order valence-corrected chi connectivity index (χ0v) is 17.7. The summed E-state index contributed by atoms with van der Waals surface area (Å²) in [4.78, 5) is 33.5. The number of aliphatic imine (C=N–C) groups is 1. The molecule has 2 aliphatic heterocycles. The fraction of sp³-hybridized carbons (Fsp3) is 0.609. The molecule has 4 aliphatic rings. The maximum atomic E-state index is 12.5. The Labute approximate surface area is 177 Å². The van der Waals surface area contributed by atoms with E-state index in [1.54, 1.807) is 0 Å². The third-order valence-electron chi connectivity index (χ3n) is 7.10. The highest BCUT2D eigenvalue weighted by molar-refractivity contribution is 6.11. The molecule has 30 heavy (non-hydrogen) atoms. The van der Waals surface area contributed by atoms with Crippen molar-refractivity contribution in [2.75, 3.05) is 13.7 Å². The fourth-order valence-corrected chi connectivity index (χ4v) is 5.02. The summed E-state index contributed by atoms with van der Waals surface area (Å²) < 4.78 is 6.07. The average molecular weight is 411 g/mol. The molecule has 1 N–H and O–H groups in total. The highest BCUT2D eigenvalue weighted by Crippen LogP contribution is 2.48. The number of ether oxygens (including phenoxy) is 1. The molecule has 1 aromatic rings. The topological polar surface area (TPSA) is 74.2 Å². The first-order valence-electron chi connectivity index (χ1n) is 11.3. The first-order chi connectivity index (χ1) is 14.6. The molecule has 0 aromatic heterocycles. The van der Waals surface area contributed by atoms with Gasteiger partial charge in [0.1, 0.15) is 11.3 Å². The lowest BCUT2D eigenvalue weighted by atomic mass is 9.94. The Hall–Kier alpha value is -2.57. The predicted molar refractivity (Wildman–Crippen MR) is 114 cm³/mol. The van der Waals surface area contributed by atoms with Crippen LogP contribution in [0.3, 0.4) is 0 Å². The molecule has 1 aromatic carbocycles. The third kappa shape index (κ3) is 3.34. The van der Waals surface area contributed by atoms with Crippen molar-refractivity contribution in [3.63, 3.8) is 0 Å². The van der Waals surface area contributed by atoms with Crippen LogP contribution < -0.4 is 10.1 Å². The van der Waals surface area contributed by atoms with Crippen molar-refractivity contribution in [3.8, 4) is 5.75 Å². The number of nitrogens with one attached hydrogen (secondary N) is 1. The van der Waals surface area contributed by atoms with E-state index in [1.165, 1.54) is 19.3 Å². The smallest absolute Gasteiger partial charge is 0.252 e. The van der Waals surface area contributed by atoms with Gasteiger partial charge in [0.2, 0.25) is 11.9 Å². The Morgan fingerprint density at radius 3 is 2.87 bits per heavy atom. The maximum Gasteiger partial charge on any atom is 0.252 e. The first-order valence-corrected chi connectivity index (χ1v) is 11.3. The van der Waals surface area contributed by atoms with Gasteiger partial charge < -0.3 is 14.5 Å². The standard InChI is InChI=1S/C23H30N4O3/c1-26(16-7-3-2-4-8-16)20(28)11-6-14-30-19-10-5-9-18-17(19)15-27-22(24-18)25-21(29)23(27)12-13-23/h5,9-10,16H,2-4,6-8,11-15H2,1H3,(H,24,25,29). The molecule has 1 saturated heterocycles. The molecule has 160 valence electrons. The zero-order valence-electron chi connectivity index (χ0n) is 17.7. The normalized spacial score (nSPS) is 21.6. The van der Waals surface area contributed by atoms with Gasteiger partial charge in [0.05, 0.1) is 18.8 Å². The number of carbonyl (C=O) groups is 2. The van der Waals surface area contributed by atoms with Gasteiger partial charge in [-0.1, -0.05) is 25.3 Å². The van der Waals surface area contributed by atoms with Crippen molar-refractivity contribution in [2.45, 2.75) is 75.9 Å². The molecule has 2 saturated carbocycles. The van der Waals surface area contributed by atoms with Crippen molar-refractivity contribution >= 4 is 23.5 Å². The Bertz CT molecular complexity index is 886. The molecule has 0 unspecified atom stereocenters. The van der Waals surface area contributed by atoms with Gasteiger partial charge in [0.25, 0.3) is 5.91 Å². The Morgan fingerprint density at radius 1 is 1.30 bits per heavy atom. The lowest BCUT2D eigenvalue weighted by molar-refractivity contribution is -0.132. The van der Waals surface area contributed by atoms with Crippen LogP contribution in [-0.2, 0) is 16.1 Å². The molecule has 7 nitrogen and oxygen atoms in total. The fourth-order valence-electron chi connectivity index (χ4n) is 5.02. The van der Waals surface area contributed by atoms with Crippen LogP contribution in [0.1, 0.15) is 63.4 Å². The van der Waals surface area contributed by atoms with Crippen LogP contribution in [0.4, 0.5) is 5.69 Å². The highest BCUT2D eigenvalue weighted by atomic mass is 16.5. The van der Waals surface area contributed by atoms with Gasteiger partial charge in [0, 0.05) is 25.1 Å². The van der Waals surface area contributed by atoms with Gasteiger partial charge >= 0.3 is 0 Å². The number of nitrogens with zero attached hydrogens (tertiary/aromatic N) is 3. The van der Waals surface area contributed by atoms with Gasteiger partial charge in [-0.05, 0) is 44.2 Å². The molecule has 0 radical (unpaired) electrons.